The van der Waals surface area contributed by atoms with E-state index < -0.39 is 24.0 Å². The van der Waals surface area contributed by atoms with Crippen LogP contribution in [-0.4, -0.2) is 39.6 Å². The van der Waals surface area contributed by atoms with E-state index in [9.17, 15) is 19.5 Å². The number of hydrogen-bond acceptors (Lipinski definition) is 4. The monoisotopic (exact) mass is 340 g/mol. The summed E-state index contributed by atoms with van der Waals surface area (Å²) in [5, 5.41) is 11.8. The van der Waals surface area contributed by atoms with Gasteiger partial charge < -0.3 is 15.0 Å². The Morgan fingerprint density at radius 1 is 1.39 bits per heavy atom. The molecule has 0 aromatic carbocycles. The molecule has 0 fully saturated rings. The molecule has 0 radical (unpaired) electrons. The average molecular weight is 340 g/mol. The van der Waals surface area contributed by atoms with Crippen molar-refractivity contribution in [3.8, 4) is 0 Å². The van der Waals surface area contributed by atoms with Gasteiger partial charge in [0.25, 0.3) is 5.56 Å². The summed E-state index contributed by atoms with van der Waals surface area (Å²) >= 11 is 1.52. The number of carboxylic acid groups (broad SMARTS) is 1. The van der Waals surface area contributed by atoms with E-state index in [1.54, 1.807) is 25.3 Å². The molecule has 0 aliphatic heterocycles. The summed E-state index contributed by atoms with van der Waals surface area (Å²) in [4.78, 5) is 36.1. The first-order valence-electron chi connectivity index (χ1n) is 7.62. The van der Waals surface area contributed by atoms with Gasteiger partial charge in [0.2, 0.25) is 5.91 Å². The zero-order valence-electron chi connectivity index (χ0n) is 13.7. The van der Waals surface area contributed by atoms with Crippen LogP contribution < -0.4 is 10.9 Å². The molecule has 128 valence electrons. The smallest absolute Gasteiger partial charge is 0.326 e. The minimum absolute atomic E-state index is 0.225. The van der Waals surface area contributed by atoms with Crippen molar-refractivity contribution in [1.29, 1.82) is 0 Å². The van der Waals surface area contributed by atoms with Gasteiger partial charge in [0.1, 0.15) is 12.1 Å². The molecular weight excluding hydrogens is 316 g/mol. The van der Waals surface area contributed by atoms with Crippen molar-refractivity contribution in [3.63, 3.8) is 0 Å². The van der Waals surface area contributed by atoms with Gasteiger partial charge in [-0.15, -0.1) is 0 Å². The lowest BCUT2D eigenvalue weighted by Gasteiger charge is -2.22. The highest BCUT2D eigenvalue weighted by atomic mass is 32.2. The van der Waals surface area contributed by atoms with E-state index in [1.165, 1.54) is 16.3 Å². The van der Waals surface area contributed by atoms with Gasteiger partial charge in [-0.25, -0.2) is 4.79 Å². The van der Waals surface area contributed by atoms with Gasteiger partial charge in [-0.1, -0.05) is 19.4 Å². The Bertz CT molecular complexity index is 600. The molecule has 0 saturated heterocycles. The van der Waals surface area contributed by atoms with Crippen LogP contribution in [0.2, 0.25) is 0 Å². The second-order valence-electron chi connectivity index (χ2n) is 5.39. The van der Waals surface area contributed by atoms with E-state index in [1.807, 2.05) is 13.2 Å². The molecule has 1 rings (SSSR count). The van der Waals surface area contributed by atoms with Crippen molar-refractivity contribution in [1.82, 2.24) is 9.88 Å². The topological polar surface area (TPSA) is 88.4 Å². The van der Waals surface area contributed by atoms with Crippen molar-refractivity contribution in [2.24, 2.45) is 0 Å². The molecule has 7 heteroatoms. The highest BCUT2D eigenvalue weighted by molar-refractivity contribution is 7.98. The van der Waals surface area contributed by atoms with Gasteiger partial charge >= 0.3 is 5.97 Å². The van der Waals surface area contributed by atoms with Crippen LogP contribution in [-0.2, 0) is 9.59 Å². The summed E-state index contributed by atoms with van der Waals surface area (Å²) in [5.74, 6) is -0.840. The Balaban J connectivity index is 3.00. The molecule has 2 N–H and O–H groups in total. The molecule has 1 aromatic rings. The molecule has 2 atom stereocenters. The van der Waals surface area contributed by atoms with Crippen molar-refractivity contribution in [2.45, 2.75) is 45.2 Å². The number of aromatic nitrogens is 1. The number of nitrogens with zero attached hydrogens (tertiary/aromatic N) is 1. The van der Waals surface area contributed by atoms with E-state index in [-0.39, 0.29) is 5.56 Å². The van der Waals surface area contributed by atoms with Gasteiger partial charge in [0, 0.05) is 11.8 Å². The summed E-state index contributed by atoms with van der Waals surface area (Å²) in [6, 6.07) is 1.78. The van der Waals surface area contributed by atoms with Crippen LogP contribution in [0, 0.1) is 6.92 Å². The molecule has 2 unspecified atom stereocenters. The lowest BCUT2D eigenvalue weighted by atomic mass is 10.1. The fourth-order valence-electron chi connectivity index (χ4n) is 2.30. The van der Waals surface area contributed by atoms with E-state index >= 15 is 0 Å². The van der Waals surface area contributed by atoms with Crippen molar-refractivity contribution < 1.29 is 14.7 Å². The largest absolute Gasteiger partial charge is 0.480 e. The average Bonchev–Trinajstić information content (AvgIpc) is 2.51. The minimum Gasteiger partial charge on any atom is -0.480 e. The third-order valence-corrected chi connectivity index (χ3v) is 4.23. The van der Waals surface area contributed by atoms with Gasteiger partial charge in [0.05, 0.1) is 0 Å². The molecule has 0 bridgehead atoms. The summed E-state index contributed by atoms with van der Waals surface area (Å²) in [6.45, 7) is 3.61. The standard InChI is InChI=1S/C16H24N2O4S/c1-4-6-13(18-9-5-7-11(2)15(18)20)14(19)17-12(16(21)22)8-10-23-3/h5,7,9,12-13H,4,6,8,10H2,1-3H3,(H,17,19)(H,21,22). The molecule has 0 spiro atoms. The molecule has 1 amide bonds. The molecule has 0 saturated carbocycles. The van der Waals surface area contributed by atoms with Gasteiger partial charge in [-0.3, -0.25) is 9.59 Å². The number of rotatable bonds is 9. The summed E-state index contributed by atoms with van der Waals surface area (Å²) in [7, 11) is 0. The number of aliphatic carboxylic acids is 1. The fraction of sp³-hybridized carbons (Fsp3) is 0.562. The van der Waals surface area contributed by atoms with Crippen LogP contribution in [0.15, 0.2) is 23.1 Å². The van der Waals surface area contributed by atoms with Gasteiger partial charge in [-0.05, 0) is 37.8 Å². The first-order chi connectivity index (χ1) is 10.9. The zero-order chi connectivity index (χ0) is 17.4. The van der Waals surface area contributed by atoms with E-state index in [0.717, 1.165) is 0 Å². The van der Waals surface area contributed by atoms with Crippen molar-refractivity contribution in [3.05, 3.63) is 34.2 Å². The van der Waals surface area contributed by atoms with Crippen molar-refractivity contribution >= 4 is 23.6 Å². The summed E-state index contributed by atoms with van der Waals surface area (Å²) in [6.07, 6.45) is 4.99. The normalized spacial score (nSPS) is 13.3. The number of pyridine rings is 1. The Kier molecular flexibility index (Phi) is 7.88. The van der Waals surface area contributed by atoms with Crippen LogP contribution >= 0.6 is 11.8 Å². The first-order valence-corrected chi connectivity index (χ1v) is 9.01. The van der Waals surface area contributed by atoms with Gasteiger partial charge in [-0.2, -0.15) is 11.8 Å². The quantitative estimate of drug-likeness (QED) is 0.716. The second kappa shape index (κ2) is 9.39. The molecule has 0 aliphatic rings. The number of hydrogen-bond donors (Lipinski definition) is 2. The molecular formula is C16H24N2O4S. The summed E-state index contributed by atoms with van der Waals surface area (Å²) in [5.41, 5.74) is 0.329. The number of nitrogens with one attached hydrogen (secondary N) is 1. The number of carbonyl (C=O) groups is 2. The zero-order valence-corrected chi connectivity index (χ0v) is 14.6. The maximum absolute atomic E-state index is 12.5. The maximum Gasteiger partial charge on any atom is 0.326 e. The van der Waals surface area contributed by atoms with Crippen LogP contribution in [0.5, 0.6) is 0 Å². The number of amides is 1. The van der Waals surface area contributed by atoms with Gasteiger partial charge in [0.15, 0.2) is 0 Å². The Morgan fingerprint density at radius 2 is 2.09 bits per heavy atom. The third kappa shape index (κ3) is 5.42. The highest BCUT2D eigenvalue weighted by Crippen LogP contribution is 2.13. The van der Waals surface area contributed by atoms with Crippen LogP contribution in [0.25, 0.3) is 0 Å². The predicted molar refractivity (Wildman–Crippen MR) is 91.9 cm³/mol. The molecule has 6 nitrogen and oxygen atoms in total. The predicted octanol–water partition coefficient (Wildman–Crippen LogP) is 1.82. The SMILES string of the molecule is CCCC(C(=O)NC(CCSC)C(=O)O)n1cccc(C)c1=O. The van der Waals surface area contributed by atoms with E-state index in [4.69, 9.17) is 0 Å². The molecule has 1 heterocycles. The number of thioether (sulfide) groups is 1. The third-order valence-electron chi connectivity index (χ3n) is 3.59. The molecule has 0 aliphatic carbocycles. The Labute approximate surface area is 140 Å². The van der Waals surface area contributed by atoms with Crippen LogP contribution in [0.3, 0.4) is 0 Å². The van der Waals surface area contributed by atoms with Crippen LogP contribution in [0.1, 0.15) is 37.8 Å². The Morgan fingerprint density at radius 3 is 2.65 bits per heavy atom. The second-order valence-corrected chi connectivity index (χ2v) is 6.37. The van der Waals surface area contributed by atoms with E-state index in [0.29, 0.717) is 30.6 Å². The maximum atomic E-state index is 12.5. The highest BCUT2D eigenvalue weighted by Gasteiger charge is 2.26. The van der Waals surface area contributed by atoms with Crippen molar-refractivity contribution in [2.75, 3.05) is 12.0 Å². The lowest BCUT2D eigenvalue weighted by Crippen LogP contribution is -2.46. The minimum atomic E-state index is -1.06. The summed E-state index contributed by atoms with van der Waals surface area (Å²) < 4.78 is 1.39. The first kappa shape index (κ1) is 19.3. The number of carboxylic acids is 1. The van der Waals surface area contributed by atoms with Crippen LogP contribution in [0.4, 0.5) is 0 Å². The molecule has 1 aromatic heterocycles. The number of aryl methyl sites for hydroxylation is 1. The molecule has 23 heavy (non-hydrogen) atoms. The number of carbonyl (C=O) groups excluding carboxylic acids is 1. The lowest BCUT2D eigenvalue weighted by molar-refractivity contribution is -0.142. The van der Waals surface area contributed by atoms with E-state index in [2.05, 4.69) is 5.32 Å². The fourth-order valence-corrected chi connectivity index (χ4v) is 2.77. The Hall–Kier alpha value is -1.76.